The molecule has 22 heteroatoms. The summed E-state index contributed by atoms with van der Waals surface area (Å²) in [5.74, 6) is 1.76. The molecule has 0 bridgehead atoms. The van der Waals surface area contributed by atoms with E-state index in [1.54, 1.807) is 76.4 Å². The molecule has 0 saturated carbocycles. The number of carbonyl (C=O) groups excluding carboxylic acids is 3. The van der Waals surface area contributed by atoms with E-state index in [-0.39, 0.29) is 55.5 Å². The van der Waals surface area contributed by atoms with Gasteiger partial charge in [0.05, 0.1) is 36.6 Å². The zero-order valence-electron chi connectivity index (χ0n) is 33.1. The monoisotopic (exact) mass is 971 g/mol. The second kappa shape index (κ2) is 39.6. The number of ether oxygens (including phenoxy) is 3. The van der Waals surface area contributed by atoms with Gasteiger partial charge in [-0.05, 0) is 55.7 Å². The van der Waals surface area contributed by atoms with E-state index in [2.05, 4.69) is 36.7 Å². The maximum atomic E-state index is 11.5. The molecule has 0 aromatic heterocycles. The van der Waals surface area contributed by atoms with Crippen molar-refractivity contribution in [2.75, 3.05) is 41.0 Å². The molecule has 0 fully saturated rings. The second-order valence-corrected chi connectivity index (χ2v) is 10.7. The fourth-order valence-corrected chi connectivity index (χ4v) is 3.67. The van der Waals surface area contributed by atoms with Crippen molar-refractivity contribution in [2.24, 2.45) is 0 Å². The van der Waals surface area contributed by atoms with E-state index in [1.165, 1.54) is 18.2 Å². The molecule has 0 amide bonds. The third-order valence-electron chi connectivity index (χ3n) is 6.46. The van der Waals surface area contributed by atoms with Crippen molar-refractivity contribution >= 4 is 17.3 Å². The number of ketones is 3. The SMILES string of the molecule is CCCCN/C=C1/C=CC(OC)=CC1=O.CCCCN/C=C1/C=CC(OC)=CC1=O.CCCCN/C=C1/C=CC(OC)=CC1=O.O=[N+]([O-])[O-].O=[N+]([O-])[O-].O=[N+]([O-])[O-].[Dy+3]. The van der Waals surface area contributed by atoms with Gasteiger partial charge in [-0.15, -0.1) is 0 Å². The standard InChI is InChI=1S/3C12H17NO2.Dy.3NO3/c3*1-3-4-7-13-9-10-5-6-11(15-2)8-12(10)14;;3*2-1(3)4/h3*5-6,8-9,13H,3-4,7H2,1-2H3;;;;/q;;;+3;3*-1/b3*10-9-;;;;. The van der Waals surface area contributed by atoms with Crippen LogP contribution in [-0.2, 0) is 28.6 Å². The molecular formula is C36H51DyN6O15. The Bertz CT molecular complexity index is 1370. The first kappa shape index (κ1) is 59.0. The Hall–Kier alpha value is -5.66. The summed E-state index contributed by atoms with van der Waals surface area (Å²) >= 11 is 0. The van der Waals surface area contributed by atoms with Crippen molar-refractivity contribution < 1.29 is 82.0 Å². The Labute approximate surface area is 367 Å². The smallest absolute Gasteiger partial charge is 0.497 e. The molecule has 0 heterocycles. The van der Waals surface area contributed by atoms with Crippen LogP contribution in [0, 0.1) is 84.1 Å². The van der Waals surface area contributed by atoms with Crippen LogP contribution in [0.5, 0.6) is 0 Å². The minimum Gasteiger partial charge on any atom is -0.497 e. The summed E-state index contributed by atoms with van der Waals surface area (Å²) in [6.07, 6.45) is 27.2. The van der Waals surface area contributed by atoms with Gasteiger partial charge in [0.1, 0.15) is 17.3 Å². The van der Waals surface area contributed by atoms with Crippen molar-refractivity contribution in [2.45, 2.75) is 59.3 Å². The van der Waals surface area contributed by atoms with E-state index >= 15 is 0 Å². The topological polar surface area (TPSA) is 314 Å². The van der Waals surface area contributed by atoms with Gasteiger partial charge in [-0.1, -0.05) is 40.0 Å². The molecule has 3 N–H and O–H groups in total. The zero-order valence-corrected chi connectivity index (χ0v) is 35.1. The van der Waals surface area contributed by atoms with Crippen LogP contribution in [0.1, 0.15) is 59.3 Å². The summed E-state index contributed by atoms with van der Waals surface area (Å²) in [7, 11) is 4.66. The number of rotatable bonds is 15. The number of nitrogens with one attached hydrogen (secondary N) is 3. The first-order chi connectivity index (χ1) is 27.0. The molecule has 0 aliphatic heterocycles. The van der Waals surface area contributed by atoms with Gasteiger partial charge in [-0.2, -0.15) is 0 Å². The average molecular weight is 970 g/mol. The molecule has 21 nitrogen and oxygen atoms in total. The number of hydrogen-bond donors (Lipinski definition) is 3. The van der Waals surface area contributed by atoms with Gasteiger partial charge in [0.2, 0.25) is 0 Å². The number of methoxy groups -OCH3 is 3. The van der Waals surface area contributed by atoms with Crippen LogP contribution in [0.3, 0.4) is 0 Å². The maximum Gasteiger partial charge on any atom is 3.00 e. The molecule has 0 unspecified atom stereocenters. The molecule has 0 aromatic rings. The van der Waals surface area contributed by atoms with Gasteiger partial charge in [-0.3, -0.25) is 14.4 Å². The Morgan fingerprint density at radius 1 is 0.483 bits per heavy atom. The molecule has 0 spiro atoms. The van der Waals surface area contributed by atoms with Crippen molar-refractivity contribution in [1.29, 1.82) is 0 Å². The van der Waals surface area contributed by atoms with Crippen LogP contribution in [0.15, 0.2) is 107 Å². The molecular weight excluding hydrogens is 919 g/mol. The summed E-state index contributed by atoms with van der Waals surface area (Å²) < 4.78 is 14.9. The molecule has 3 rings (SSSR count). The molecule has 3 aliphatic rings. The largest absolute Gasteiger partial charge is 3.00 e. The van der Waals surface area contributed by atoms with Crippen molar-refractivity contribution in [3.63, 3.8) is 0 Å². The first-order valence-corrected chi connectivity index (χ1v) is 17.2. The van der Waals surface area contributed by atoms with E-state index in [1.807, 2.05) is 0 Å². The summed E-state index contributed by atoms with van der Waals surface area (Å²) in [6, 6.07) is 0. The van der Waals surface area contributed by atoms with Crippen molar-refractivity contribution in [3.05, 3.63) is 153 Å². The quantitative estimate of drug-likeness (QED) is 0.0834. The molecule has 0 saturated heterocycles. The third-order valence-corrected chi connectivity index (χ3v) is 6.46. The fraction of sp³-hybridized carbons (Fsp3) is 0.417. The average Bonchev–Trinajstić information content (AvgIpc) is 3.15. The first-order valence-electron chi connectivity index (χ1n) is 17.2. The molecule has 0 aromatic carbocycles. The summed E-state index contributed by atoms with van der Waals surface area (Å²) in [5.41, 5.74) is 2.02. The predicted molar refractivity (Wildman–Crippen MR) is 212 cm³/mol. The molecule has 325 valence electrons. The van der Waals surface area contributed by atoms with E-state index in [0.29, 0.717) is 34.0 Å². The van der Waals surface area contributed by atoms with Gasteiger partial charge < -0.3 is 76.1 Å². The number of carbonyl (C=O) groups is 3. The summed E-state index contributed by atoms with van der Waals surface area (Å²) in [5, 5.41) is 53.6. The summed E-state index contributed by atoms with van der Waals surface area (Å²) in [6.45, 7) is 9.11. The normalized spacial score (nSPS) is 15.1. The van der Waals surface area contributed by atoms with E-state index in [0.717, 1.165) is 58.2 Å². The van der Waals surface area contributed by atoms with Gasteiger partial charge in [-0.25, -0.2) is 0 Å². The minimum absolute atomic E-state index is 0. The number of unbranched alkanes of at least 4 members (excludes halogenated alkanes) is 3. The van der Waals surface area contributed by atoms with Crippen LogP contribution >= 0.6 is 0 Å². The Balaban J connectivity index is -0.000000328. The molecule has 58 heavy (non-hydrogen) atoms. The Morgan fingerprint density at radius 2 is 0.690 bits per heavy atom. The maximum absolute atomic E-state index is 11.5. The van der Waals surface area contributed by atoms with Crippen LogP contribution in [0.4, 0.5) is 0 Å². The fourth-order valence-electron chi connectivity index (χ4n) is 3.67. The molecule has 3 aliphatic carbocycles. The zero-order chi connectivity index (χ0) is 44.0. The summed E-state index contributed by atoms with van der Waals surface area (Å²) in [4.78, 5) is 59.3. The number of allylic oxidation sites excluding steroid dienone is 12. The van der Waals surface area contributed by atoms with Crippen molar-refractivity contribution in [1.82, 2.24) is 16.0 Å². The van der Waals surface area contributed by atoms with Crippen LogP contribution < -0.4 is 16.0 Å². The molecule has 0 atom stereocenters. The minimum atomic E-state index is -1.75. The Morgan fingerprint density at radius 3 is 0.845 bits per heavy atom. The predicted octanol–water partition coefficient (Wildman–Crippen LogP) is 5.07. The van der Waals surface area contributed by atoms with Crippen molar-refractivity contribution in [3.8, 4) is 0 Å². The van der Waals surface area contributed by atoms with Crippen LogP contribution in [-0.4, -0.2) is 73.6 Å². The van der Waals surface area contributed by atoms with E-state index < -0.39 is 15.3 Å². The van der Waals surface area contributed by atoms with Gasteiger partial charge in [0, 0.05) is 73.2 Å². The number of hydrogen-bond acceptors (Lipinski definition) is 18. The van der Waals surface area contributed by atoms with Gasteiger partial charge in [0.25, 0.3) is 0 Å². The van der Waals surface area contributed by atoms with Crippen LogP contribution in [0.2, 0.25) is 0 Å². The van der Waals surface area contributed by atoms with E-state index in [4.69, 9.17) is 60.2 Å². The molecule has 1 radical (unpaired) electrons. The van der Waals surface area contributed by atoms with E-state index in [9.17, 15) is 14.4 Å². The van der Waals surface area contributed by atoms with Gasteiger partial charge in [0.15, 0.2) is 17.3 Å². The number of nitrogens with zero attached hydrogens (tertiary/aromatic N) is 3. The Kier molecular flexibility index (Phi) is 40.3. The second-order valence-electron chi connectivity index (χ2n) is 10.7. The third kappa shape index (κ3) is 37.3. The van der Waals surface area contributed by atoms with Gasteiger partial charge >= 0.3 is 38.2 Å². The van der Waals surface area contributed by atoms with Crippen LogP contribution in [0.25, 0.3) is 0 Å².